The third-order valence-corrected chi connectivity index (χ3v) is 6.91. The lowest BCUT2D eigenvalue weighted by Gasteiger charge is -2.39. The summed E-state index contributed by atoms with van der Waals surface area (Å²) in [5, 5.41) is 0.752. The van der Waals surface area contributed by atoms with Crippen LogP contribution in [0.15, 0.2) is 33.5 Å². The Balaban J connectivity index is 1.43. The maximum atomic E-state index is 12.7. The molecule has 2 heterocycles. The fourth-order valence-corrected chi connectivity index (χ4v) is 4.93. The van der Waals surface area contributed by atoms with Crippen LogP contribution in [0.5, 0.6) is 0 Å². The Kier molecular flexibility index (Phi) is 5.67. The van der Waals surface area contributed by atoms with E-state index in [9.17, 15) is 14.4 Å². The maximum absolute atomic E-state index is 12.7. The van der Waals surface area contributed by atoms with Crippen molar-refractivity contribution in [3.05, 3.63) is 45.8 Å². The van der Waals surface area contributed by atoms with Gasteiger partial charge in [0.05, 0.1) is 5.92 Å². The minimum Gasteiger partial charge on any atom is -0.461 e. The van der Waals surface area contributed by atoms with Crippen molar-refractivity contribution < 1.29 is 18.7 Å². The number of rotatable bonds is 4. The van der Waals surface area contributed by atoms with Gasteiger partial charge in [-0.05, 0) is 36.8 Å². The van der Waals surface area contributed by atoms with E-state index in [0.717, 1.165) is 23.8 Å². The van der Waals surface area contributed by atoms with Gasteiger partial charge in [0.2, 0.25) is 5.91 Å². The van der Waals surface area contributed by atoms with Gasteiger partial charge in [0.1, 0.15) is 12.2 Å². The summed E-state index contributed by atoms with van der Waals surface area (Å²) in [5.74, 6) is 0.246. The highest BCUT2D eigenvalue weighted by atomic mass is 16.5. The van der Waals surface area contributed by atoms with Crippen molar-refractivity contribution in [1.29, 1.82) is 0 Å². The molecule has 0 unspecified atom stereocenters. The van der Waals surface area contributed by atoms with Gasteiger partial charge in [-0.3, -0.25) is 9.59 Å². The minimum absolute atomic E-state index is 0.00838. The molecule has 0 radical (unpaired) electrons. The normalized spacial score (nSPS) is 26.9. The van der Waals surface area contributed by atoms with Gasteiger partial charge in [-0.2, -0.15) is 0 Å². The first-order valence-electron chi connectivity index (χ1n) is 10.8. The Labute approximate surface area is 176 Å². The molecule has 1 aromatic carbocycles. The molecule has 0 bridgehead atoms. The molecule has 2 aliphatic rings. The minimum atomic E-state index is -0.471. The van der Waals surface area contributed by atoms with Crippen LogP contribution in [0.1, 0.15) is 50.7 Å². The SMILES string of the molecule is Cc1ccc2c(COC(=O)[C@@H]3CC(=O)N([C@@H]4CCC[C@H](C)[C@@H]4C)C3)cc(=O)oc2c1. The Hall–Kier alpha value is -2.63. The molecule has 1 aliphatic heterocycles. The molecule has 1 aliphatic carbocycles. The van der Waals surface area contributed by atoms with E-state index >= 15 is 0 Å². The van der Waals surface area contributed by atoms with Crippen LogP contribution in [0, 0.1) is 24.7 Å². The number of carbonyl (C=O) groups excluding carboxylic acids is 2. The largest absolute Gasteiger partial charge is 0.461 e. The molecule has 160 valence electrons. The lowest BCUT2D eigenvalue weighted by Crippen LogP contribution is -2.45. The Morgan fingerprint density at radius 1 is 1.20 bits per heavy atom. The average molecular weight is 411 g/mol. The summed E-state index contributed by atoms with van der Waals surface area (Å²) >= 11 is 0. The van der Waals surface area contributed by atoms with E-state index in [1.54, 1.807) is 6.07 Å². The van der Waals surface area contributed by atoms with E-state index in [0.29, 0.717) is 29.5 Å². The molecule has 6 nitrogen and oxygen atoms in total. The highest BCUT2D eigenvalue weighted by Crippen LogP contribution is 2.36. The Morgan fingerprint density at radius 3 is 2.80 bits per heavy atom. The smallest absolute Gasteiger partial charge is 0.336 e. The summed E-state index contributed by atoms with van der Waals surface area (Å²) in [7, 11) is 0. The molecule has 0 N–H and O–H groups in total. The van der Waals surface area contributed by atoms with Crippen molar-refractivity contribution in [2.45, 2.75) is 59.1 Å². The zero-order valence-electron chi connectivity index (χ0n) is 17.8. The number of ether oxygens (including phenoxy) is 1. The fourth-order valence-electron chi connectivity index (χ4n) is 4.93. The standard InChI is InChI=1S/C24H29NO5/c1-14-7-8-19-18(11-23(27)30-21(19)9-14)13-29-24(28)17-10-22(26)25(12-17)20-6-4-5-15(2)16(20)3/h7-9,11,15-17,20H,4-6,10,12-13H2,1-3H3/t15-,16-,17+,20+/m0/s1. The topological polar surface area (TPSA) is 76.8 Å². The average Bonchev–Trinajstić information content (AvgIpc) is 3.09. The first kappa shape index (κ1) is 20.6. The maximum Gasteiger partial charge on any atom is 0.336 e. The second kappa shape index (κ2) is 8.25. The molecule has 2 aromatic rings. The molecule has 30 heavy (non-hydrogen) atoms. The van der Waals surface area contributed by atoms with Crippen LogP contribution >= 0.6 is 0 Å². The van der Waals surface area contributed by atoms with Gasteiger partial charge >= 0.3 is 11.6 Å². The van der Waals surface area contributed by atoms with E-state index in [-0.39, 0.29) is 30.9 Å². The number of amides is 1. The summed E-state index contributed by atoms with van der Waals surface area (Å²) in [6.07, 6.45) is 3.53. The van der Waals surface area contributed by atoms with Crippen molar-refractivity contribution in [2.24, 2.45) is 17.8 Å². The number of hydrogen-bond donors (Lipinski definition) is 0. The number of benzene rings is 1. The number of likely N-dealkylation sites (tertiary alicyclic amines) is 1. The van der Waals surface area contributed by atoms with Gasteiger partial charge in [-0.25, -0.2) is 4.79 Å². The summed E-state index contributed by atoms with van der Waals surface area (Å²) in [4.78, 5) is 39.1. The third kappa shape index (κ3) is 4.00. The number of carbonyl (C=O) groups is 2. The van der Waals surface area contributed by atoms with E-state index in [1.807, 2.05) is 24.0 Å². The number of esters is 1. The molecule has 6 heteroatoms. The zero-order chi connectivity index (χ0) is 21.4. The van der Waals surface area contributed by atoms with Crippen LogP contribution in [0.3, 0.4) is 0 Å². The van der Waals surface area contributed by atoms with Crippen LogP contribution < -0.4 is 5.63 Å². The molecule has 0 spiro atoms. The van der Waals surface area contributed by atoms with E-state index in [1.165, 1.54) is 12.5 Å². The predicted molar refractivity (Wildman–Crippen MR) is 113 cm³/mol. The van der Waals surface area contributed by atoms with Gasteiger partial charge in [0, 0.05) is 36.0 Å². The highest BCUT2D eigenvalue weighted by Gasteiger charge is 2.42. The van der Waals surface area contributed by atoms with Crippen LogP contribution in [0.4, 0.5) is 0 Å². The molecular weight excluding hydrogens is 382 g/mol. The number of hydrogen-bond acceptors (Lipinski definition) is 5. The van der Waals surface area contributed by atoms with E-state index in [4.69, 9.17) is 9.15 Å². The monoisotopic (exact) mass is 411 g/mol. The quantitative estimate of drug-likeness (QED) is 0.565. The summed E-state index contributed by atoms with van der Waals surface area (Å²) in [6.45, 7) is 6.79. The highest BCUT2D eigenvalue weighted by molar-refractivity contribution is 5.87. The first-order chi connectivity index (χ1) is 14.3. The van der Waals surface area contributed by atoms with Crippen molar-refractivity contribution in [3.63, 3.8) is 0 Å². The third-order valence-electron chi connectivity index (χ3n) is 6.91. The molecule has 1 amide bonds. The van der Waals surface area contributed by atoms with Gasteiger partial charge in [-0.1, -0.05) is 38.8 Å². The van der Waals surface area contributed by atoms with Gasteiger partial charge in [-0.15, -0.1) is 0 Å². The van der Waals surface area contributed by atoms with Gasteiger partial charge < -0.3 is 14.1 Å². The van der Waals surface area contributed by atoms with Crippen molar-refractivity contribution in [3.8, 4) is 0 Å². The molecular formula is C24H29NO5. The lowest BCUT2D eigenvalue weighted by molar-refractivity contribution is -0.149. The van der Waals surface area contributed by atoms with Crippen LogP contribution in [0.2, 0.25) is 0 Å². The summed E-state index contributed by atoms with van der Waals surface area (Å²) in [6, 6.07) is 7.16. The van der Waals surface area contributed by atoms with E-state index < -0.39 is 11.5 Å². The predicted octanol–water partition coefficient (Wildman–Crippen LogP) is 3.82. The van der Waals surface area contributed by atoms with Gasteiger partial charge in [0.15, 0.2) is 0 Å². The Bertz CT molecular complexity index is 1030. The van der Waals surface area contributed by atoms with Crippen LogP contribution in [0.25, 0.3) is 11.0 Å². The lowest BCUT2D eigenvalue weighted by atomic mass is 9.77. The molecule has 4 rings (SSSR count). The number of aryl methyl sites for hydroxylation is 1. The Morgan fingerprint density at radius 2 is 2.00 bits per heavy atom. The van der Waals surface area contributed by atoms with E-state index in [2.05, 4.69) is 13.8 Å². The number of fused-ring (bicyclic) bond motifs is 1. The molecule has 2 fully saturated rings. The molecule has 1 aromatic heterocycles. The second-order valence-electron chi connectivity index (χ2n) is 8.98. The summed E-state index contributed by atoms with van der Waals surface area (Å²) < 4.78 is 10.8. The number of nitrogens with zero attached hydrogens (tertiary/aromatic N) is 1. The van der Waals surface area contributed by atoms with Crippen LogP contribution in [-0.2, 0) is 20.9 Å². The fraction of sp³-hybridized carbons (Fsp3) is 0.542. The molecule has 4 atom stereocenters. The van der Waals surface area contributed by atoms with Gasteiger partial charge in [0.25, 0.3) is 0 Å². The van der Waals surface area contributed by atoms with Crippen molar-refractivity contribution in [1.82, 2.24) is 4.90 Å². The van der Waals surface area contributed by atoms with Crippen molar-refractivity contribution >= 4 is 22.8 Å². The van der Waals surface area contributed by atoms with Crippen molar-refractivity contribution in [2.75, 3.05) is 6.54 Å². The zero-order valence-corrected chi connectivity index (χ0v) is 17.8. The molecule has 1 saturated carbocycles. The second-order valence-corrected chi connectivity index (χ2v) is 8.98. The summed E-state index contributed by atoms with van der Waals surface area (Å²) in [5.41, 5.74) is 1.61. The first-order valence-corrected chi connectivity index (χ1v) is 10.8. The molecule has 1 saturated heterocycles. The van der Waals surface area contributed by atoms with Crippen LogP contribution in [-0.4, -0.2) is 29.4 Å².